The highest BCUT2D eigenvalue weighted by molar-refractivity contribution is 5.89. The number of nitrogens with one attached hydrogen (secondary N) is 2. The number of carbonyl (C=O) groups excluding carboxylic acids is 3. The molecule has 0 bridgehead atoms. The Morgan fingerprint density at radius 3 is 2.32 bits per heavy atom. The minimum absolute atomic E-state index is 0.167. The Labute approximate surface area is 185 Å². The lowest BCUT2D eigenvalue weighted by Crippen LogP contribution is -2.52. The minimum Gasteiger partial charge on any atom is -0.497 e. The molecule has 0 aliphatic rings. The van der Waals surface area contributed by atoms with E-state index in [-0.39, 0.29) is 17.7 Å². The Morgan fingerprint density at radius 2 is 1.84 bits per heavy atom. The number of rotatable bonds is 14. The molecule has 0 aliphatic carbocycles. The second-order valence-electron chi connectivity index (χ2n) is 8.16. The van der Waals surface area contributed by atoms with Crippen LogP contribution in [-0.2, 0) is 20.8 Å². The lowest BCUT2D eigenvalue weighted by atomic mass is 9.86. The maximum Gasteiger partial charge on any atom is 0.242 e. The number of benzene rings is 1. The molecule has 0 aromatic heterocycles. The largest absolute Gasteiger partial charge is 0.497 e. The summed E-state index contributed by atoms with van der Waals surface area (Å²) < 4.78 is 5.16. The van der Waals surface area contributed by atoms with Crippen LogP contribution in [0.15, 0.2) is 24.3 Å². The molecule has 174 valence electrons. The van der Waals surface area contributed by atoms with Gasteiger partial charge in [-0.2, -0.15) is 0 Å². The van der Waals surface area contributed by atoms with E-state index in [1.165, 1.54) is 7.05 Å². The van der Waals surface area contributed by atoms with Gasteiger partial charge in [0, 0.05) is 13.5 Å². The van der Waals surface area contributed by atoms with Crippen molar-refractivity contribution in [2.45, 2.75) is 65.0 Å². The third-order valence-corrected chi connectivity index (χ3v) is 5.31. The maximum absolute atomic E-state index is 13.3. The number of hydrogen-bond acceptors (Lipinski definition) is 5. The van der Waals surface area contributed by atoms with Crippen LogP contribution in [0.1, 0.15) is 52.0 Å². The van der Waals surface area contributed by atoms with Gasteiger partial charge in [0.2, 0.25) is 18.2 Å². The van der Waals surface area contributed by atoms with Gasteiger partial charge in [0.1, 0.15) is 11.8 Å². The van der Waals surface area contributed by atoms with Crippen LogP contribution in [0, 0.1) is 11.8 Å². The number of ether oxygens (including phenoxy) is 1. The monoisotopic (exact) mass is 435 g/mol. The average molecular weight is 436 g/mol. The van der Waals surface area contributed by atoms with Gasteiger partial charge in [0.25, 0.3) is 0 Å². The molecule has 8 nitrogen and oxygen atoms in total. The first-order chi connectivity index (χ1) is 14.8. The number of carbonyl (C=O) groups is 3. The van der Waals surface area contributed by atoms with Gasteiger partial charge in [-0.1, -0.05) is 45.7 Å². The number of hydroxylamine groups is 2. The predicted molar refractivity (Wildman–Crippen MR) is 119 cm³/mol. The highest BCUT2D eigenvalue weighted by Crippen LogP contribution is 2.24. The smallest absolute Gasteiger partial charge is 0.242 e. The first-order valence-electron chi connectivity index (χ1n) is 10.8. The van der Waals surface area contributed by atoms with Crippen LogP contribution in [0.4, 0.5) is 0 Å². The first-order valence-corrected chi connectivity index (χ1v) is 10.8. The number of amides is 3. The van der Waals surface area contributed by atoms with E-state index in [1.54, 1.807) is 19.2 Å². The van der Waals surface area contributed by atoms with E-state index >= 15 is 0 Å². The van der Waals surface area contributed by atoms with Crippen molar-refractivity contribution >= 4 is 18.2 Å². The molecule has 0 saturated heterocycles. The van der Waals surface area contributed by atoms with Crippen LogP contribution >= 0.6 is 0 Å². The van der Waals surface area contributed by atoms with E-state index in [1.807, 2.05) is 32.9 Å². The number of unbranched alkanes of at least 4 members (excludes halogenated alkanes) is 1. The van der Waals surface area contributed by atoms with Crippen molar-refractivity contribution < 1.29 is 24.3 Å². The van der Waals surface area contributed by atoms with Crippen LogP contribution in [0.25, 0.3) is 0 Å². The standard InChI is InChI=1S/C23H37N3O5/c1-6-7-8-21(26(30)15-27)19(13-16(2)3)22(28)25-20(23(29)24-4)14-17-9-11-18(31-5)12-10-17/h9-12,15-16,19-21,30H,6-8,13-14H2,1-5H3,(H,24,29)(H,25,28)/t19?,20-,21?/m0/s1. The molecule has 31 heavy (non-hydrogen) atoms. The molecule has 0 saturated carbocycles. The summed E-state index contributed by atoms with van der Waals surface area (Å²) in [5, 5.41) is 16.2. The lowest BCUT2D eigenvalue weighted by molar-refractivity contribution is -0.169. The van der Waals surface area contributed by atoms with Gasteiger partial charge in [-0.3, -0.25) is 19.6 Å². The Bertz CT molecular complexity index is 693. The normalized spacial score (nSPS) is 13.8. The van der Waals surface area contributed by atoms with Gasteiger partial charge in [-0.25, -0.2) is 5.06 Å². The van der Waals surface area contributed by atoms with Crippen molar-refractivity contribution in [2.24, 2.45) is 11.8 Å². The summed E-state index contributed by atoms with van der Waals surface area (Å²) in [6.07, 6.45) is 3.27. The van der Waals surface area contributed by atoms with Crippen LogP contribution in [0.2, 0.25) is 0 Å². The summed E-state index contributed by atoms with van der Waals surface area (Å²) in [5.74, 6) is -0.423. The molecule has 0 heterocycles. The highest BCUT2D eigenvalue weighted by atomic mass is 16.5. The molecule has 3 atom stereocenters. The molecular weight excluding hydrogens is 398 g/mol. The molecule has 1 aromatic carbocycles. The number of methoxy groups -OCH3 is 1. The van der Waals surface area contributed by atoms with Gasteiger partial charge in [-0.05, 0) is 36.5 Å². The molecule has 3 N–H and O–H groups in total. The van der Waals surface area contributed by atoms with E-state index in [4.69, 9.17) is 4.74 Å². The fraction of sp³-hybridized carbons (Fsp3) is 0.609. The van der Waals surface area contributed by atoms with E-state index in [9.17, 15) is 19.6 Å². The second kappa shape index (κ2) is 13.6. The summed E-state index contributed by atoms with van der Waals surface area (Å²) in [5.41, 5.74) is 0.870. The zero-order chi connectivity index (χ0) is 23.4. The summed E-state index contributed by atoms with van der Waals surface area (Å²) in [6.45, 7) is 5.97. The zero-order valence-corrected chi connectivity index (χ0v) is 19.3. The van der Waals surface area contributed by atoms with Crippen molar-refractivity contribution in [3.8, 4) is 5.75 Å². The third-order valence-electron chi connectivity index (χ3n) is 5.31. The number of hydrogen-bond donors (Lipinski definition) is 3. The average Bonchev–Trinajstić information content (AvgIpc) is 2.77. The SMILES string of the molecule is CCCCC(C(CC(C)C)C(=O)N[C@@H](Cc1ccc(OC)cc1)C(=O)NC)N(O)C=O. The van der Waals surface area contributed by atoms with Gasteiger partial charge < -0.3 is 15.4 Å². The van der Waals surface area contributed by atoms with Gasteiger partial charge in [0.05, 0.1) is 19.1 Å². The van der Waals surface area contributed by atoms with Crippen LogP contribution in [0.3, 0.4) is 0 Å². The van der Waals surface area contributed by atoms with Crippen LogP contribution < -0.4 is 15.4 Å². The fourth-order valence-electron chi connectivity index (χ4n) is 3.62. The fourth-order valence-corrected chi connectivity index (χ4v) is 3.62. The Hall–Kier alpha value is -2.61. The van der Waals surface area contributed by atoms with Gasteiger partial charge in [0.15, 0.2) is 0 Å². The van der Waals surface area contributed by atoms with E-state index in [0.717, 1.165) is 18.4 Å². The van der Waals surface area contributed by atoms with E-state index < -0.39 is 18.0 Å². The molecule has 0 radical (unpaired) electrons. The van der Waals surface area contributed by atoms with E-state index in [0.29, 0.717) is 36.5 Å². The summed E-state index contributed by atoms with van der Waals surface area (Å²) >= 11 is 0. The molecule has 0 fully saturated rings. The zero-order valence-electron chi connectivity index (χ0n) is 19.3. The van der Waals surface area contributed by atoms with Crippen molar-refractivity contribution in [1.82, 2.24) is 15.7 Å². The van der Waals surface area contributed by atoms with E-state index in [2.05, 4.69) is 10.6 Å². The minimum atomic E-state index is -0.782. The van der Waals surface area contributed by atoms with Crippen LogP contribution in [-0.4, -0.2) is 54.7 Å². The van der Waals surface area contributed by atoms with Crippen molar-refractivity contribution in [1.29, 1.82) is 0 Å². The van der Waals surface area contributed by atoms with Crippen molar-refractivity contribution in [3.05, 3.63) is 29.8 Å². The maximum atomic E-state index is 13.3. The predicted octanol–water partition coefficient (Wildman–Crippen LogP) is 2.54. The molecule has 1 rings (SSSR count). The molecule has 0 spiro atoms. The Balaban J connectivity index is 3.09. The summed E-state index contributed by atoms with van der Waals surface area (Å²) in [6, 6.07) is 5.86. The number of nitrogens with zero attached hydrogens (tertiary/aromatic N) is 1. The Morgan fingerprint density at radius 1 is 1.19 bits per heavy atom. The number of likely N-dealkylation sites (N-methyl/N-ethyl adjacent to an activating group) is 1. The van der Waals surface area contributed by atoms with Gasteiger partial charge in [-0.15, -0.1) is 0 Å². The summed E-state index contributed by atoms with van der Waals surface area (Å²) in [4.78, 5) is 37.0. The van der Waals surface area contributed by atoms with Gasteiger partial charge >= 0.3 is 0 Å². The quantitative estimate of drug-likeness (QED) is 0.236. The molecular formula is C23H37N3O5. The van der Waals surface area contributed by atoms with Crippen molar-refractivity contribution in [3.63, 3.8) is 0 Å². The third kappa shape index (κ3) is 8.57. The molecule has 0 aliphatic heterocycles. The second-order valence-corrected chi connectivity index (χ2v) is 8.16. The lowest BCUT2D eigenvalue weighted by Gasteiger charge is -2.32. The van der Waals surface area contributed by atoms with Crippen molar-refractivity contribution in [2.75, 3.05) is 14.2 Å². The molecule has 2 unspecified atom stereocenters. The summed E-state index contributed by atoms with van der Waals surface area (Å²) in [7, 11) is 3.10. The first kappa shape index (κ1) is 26.4. The Kier molecular flexibility index (Phi) is 11.6. The molecule has 3 amide bonds. The molecule has 1 aromatic rings. The highest BCUT2D eigenvalue weighted by Gasteiger charge is 2.34. The molecule has 8 heteroatoms. The topological polar surface area (TPSA) is 108 Å². The van der Waals surface area contributed by atoms with Crippen LogP contribution in [0.5, 0.6) is 5.75 Å².